The maximum absolute atomic E-state index is 12.0. The van der Waals surface area contributed by atoms with Crippen molar-refractivity contribution in [3.05, 3.63) is 0 Å². The quantitative estimate of drug-likeness (QED) is 0.422. The van der Waals surface area contributed by atoms with E-state index in [1.54, 1.807) is 0 Å². The monoisotopic (exact) mass is 299 g/mol. The average molecular weight is 299 g/mol. The summed E-state index contributed by atoms with van der Waals surface area (Å²) in [5, 5.41) is 24.6. The molecular weight excluding hydrogens is 270 g/mol. The van der Waals surface area contributed by atoms with Crippen LogP contribution >= 0.6 is 0 Å². The molecule has 0 aromatic rings. The summed E-state index contributed by atoms with van der Waals surface area (Å²) in [6, 6.07) is 0.479. The summed E-state index contributed by atoms with van der Waals surface area (Å²) in [5.74, 6) is 0. The van der Waals surface area contributed by atoms with Crippen molar-refractivity contribution in [1.82, 2.24) is 26.6 Å². The molecule has 3 atom stereocenters. The molecule has 2 amide bonds. The normalized spacial score (nSPS) is 30.9. The number of urea groups is 1. The second-order valence-electron chi connectivity index (χ2n) is 6.09. The highest BCUT2D eigenvalue weighted by atomic mass is 16.3. The highest BCUT2D eigenvalue weighted by Crippen LogP contribution is 2.17. The zero-order valence-corrected chi connectivity index (χ0v) is 12.8. The summed E-state index contributed by atoms with van der Waals surface area (Å²) in [5.41, 5.74) is 0. The third kappa shape index (κ3) is 5.78. The van der Waals surface area contributed by atoms with E-state index in [1.807, 2.05) is 0 Å². The third-order valence-electron chi connectivity index (χ3n) is 4.13. The number of aliphatic hydroxyl groups excluding tert-OH is 1. The van der Waals surface area contributed by atoms with Gasteiger partial charge in [-0.3, -0.25) is 16.0 Å². The first-order chi connectivity index (χ1) is 10.2. The first-order valence-corrected chi connectivity index (χ1v) is 8.10. The molecule has 1 aliphatic carbocycles. The molecular formula is C14H29N5O2. The molecule has 6 N–H and O–H groups in total. The molecule has 0 spiro atoms. The van der Waals surface area contributed by atoms with Crippen molar-refractivity contribution in [2.24, 2.45) is 0 Å². The Bertz CT molecular complexity index is 322. The predicted octanol–water partition coefficient (Wildman–Crippen LogP) is -0.219. The van der Waals surface area contributed by atoms with Crippen molar-refractivity contribution in [3.63, 3.8) is 0 Å². The van der Waals surface area contributed by atoms with E-state index in [-0.39, 0.29) is 25.1 Å². The Hall–Kier alpha value is -0.890. The number of hydrogen-bond donors (Lipinski definition) is 6. The topological polar surface area (TPSA) is 97.5 Å². The Morgan fingerprint density at radius 3 is 2.67 bits per heavy atom. The largest absolute Gasteiger partial charge is 0.395 e. The number of carbonyl (C=O) groups excluding carboxylic acids is 1. The second-order valence-corrected chi connectivity index (χ2v) is 6.09. The van der Waals surface area contributed by atoms with Crippen LogP contribution in [0.4, 0.5) is 4.79 Å². The molecule has 0 bridgehead atoms. The van der Waals surface area contributed by atoms with Crippen LogP contribution in [0, 0.1) is 0 Å². The van der Waals surface area contributed by atoms with Crippen molar-refractivity contribution in [2.45, 2.75) is 70.0 Å². The molecule has 7 heteroatoms. The number of hydrogen-bond acceptors (Lipinski definition) is 5. The molecule has 2 rings (SSSR count). The van der Waals surface area contributed by atoms with Gasteiger partial charge in [0, 0.05) is 18.6 Å². The SMILES string of the molecule is CC1CC(NCCO)NC(NC(=O)NC2CCCCC2)N1. The van der Waals surface area contributed by atoms with Gasteiger partial charge in [0.15, 0.2) is 0 Å². The minimum absolute atomic E-state index is 0.0911. The summed E-state index contributed by atoms with van der Waals surface area (Å²) >= 11 is 0. The van der Waals surface area contributed by atoms with Crippen LogP contribution in [0.2, 0.25) is 0 Å². The lowest BCUT2D eigenvalue weighted by Gasteiger charge is -2.37. The zero-order valence-electron chi connectivity index (χ0n) is 12.8. The molecule has 1 aliphatic heterocycles. The van der Waals surface area contributed by atoms with Crippen LogP contribution in [0.3, 0.4) is 0 Å². The van der Waals surface area contributed by atoms with E-state index in [1.165, 1.54) is 19.3 Å². The number of carbonyl (C=O) groups is 1. The lowest BCUT2D eigenvalue weighted by molar-refractivity contribution is 0.178. The van der Waals surface area contributed by atoms with Gasteiger partial charge in [0.1, 0.15) is 6.29 Å². The van der Waals surface area contributed by atoms with E-state index in [4.69, 9.17) is 5.11 Å². The molecule has 1 heterocycles. The fraction of sp³-hybridized carbons (Fsp3) is 0.929. The van der Waals surface area contributed by atoms with Crippen LogP contribution < -0.4 is 26.6 Å². The van der Waals surface area contributed by atoms with Gasteiger partial charge in [-0.15, -0.1) is 0 Å². The Morgan fingerprint density at radius 1 is 1.19 bits per heavy atom. The van der Waals surface area contributed by atoms with Crippen molar-refractivity contribution < 1.29 is 9.90 Å². The van der Waals surface area contributed by atoms with E-state index in [2.05, 4.69) is 33.5 Å². The molecule has 122 valence electrons. The number of nitrogens with one attached hydrogen (secondary N) is 5. The minimum atomic E-state index is -0.256. The van der Waals surface area contributed by atoms with Gasteiger partial charge >= 0.3 is 6.03 Å². The summed E-state index contributed by atoms with van der Waals surface area (Å²) < 4.78 is 0. The predicted molar refractivity (Wildman–Crippen MR) is 81.6 cm³/mol. The highest BCUT2D eigenvalue weighted by Gasteiger charge is 2.26. The van der Waals surface area contributed by atoms with E-state index < -0.39 is 0 Å². The summed E-state index contributed by atoms with van der Waals surface area (Å²) in [6.07, 6.45) is 6.58. The molecule has 2 aliphatic rings. The maximum atomic E-state index is 12.0. The molecule has 2 fully saturated rings. The highest BCUT2D eigenvalue weighted by molar-refractivity contribution is 5.74. The third-order valence-corrected chi connectivity index (χ3v) is 4.13. The molecule has 1 saturated carbocycles. The van der Waals surface area contributed by atoms with Crippen molar-refractivity contribution in [3.8, 4) is 0 Å². The van der Waals surface area contributed by atoms with Crippen LogP contribution in [0.5, 0.6) is 0 Å². The Balaban J connectivity index is 1.73. The molecule has 0 aromatic heterocycles. The van der Waals surface area contributed by atoms with Crippen LogP contribution in [0.25, 0.3) is 0 Å². The Labute approximate surface area is 126 Å². The summed E-state index contributed by atoms with van der Waals surface area (Å²) in [6.45, 7) is 2.74. The van der Waals surface area contributed by atoms with Gasteiger partial charge in [0.2, 0.25) is 0 Å². The van der Waals surface area contributed by atoms with Crippen molar-refractivity contribution in [1.29, 1.82) is 0 Å². The van der Waals surface area contributed by atoms with Crippen molar-refractivity contribution >= 4 is 6.03 Å². The van der Waals surface area contributed by atoms with Crippen LogP contribution in [-0.4, -0.2) is 48.8 Å². The van der Waals surface area contributed by atoms with Gasteiger partial charge < -0.3 is 15.7 Å². The van der Waals surface area contributed by atoms with Gasteiger partial charge in [-0.25, -0.2) is 4.79 Å². The molecule has 3 unspecified atom stereocenters. The van der Waals surface area contributed by atoms with E-state index in [0.29, 0.717) is 18.6 Å². The Morgan fingerprint density at radius 2 is 1.95 bits per heavy atom. The lowest BCUT2D eigenvalue weighted by atomic mass is 9.96. The Kier molecular flexibility index (Phi) is 6.69. The molecule has 0 radical (unpaired) electrons. The molecule has 21 heavy (non-hydrogen) atoms. The van der Waals surface area contributed by atoms with E-state index >= 15 is 0 Å². The first kappa shape index (κ1) is 16.5. The van der Waals surface area contributed by atoms with Gasteiger partial charge in [0.25, 0.3) is 0 Å². The smallest absolute Gasteiger partial charge is 0.317 e. The van der Waals surface area contributed by atoms with Gasteiger partial charge in [-0.2, -0.15) is 0 Å². The van der Waals surface area contributed by atoms with Crippen LogP contribution in [0.15, 0.2) is 0 Å². The fourth-order valence-electron chi connectivity index (χ4n) is 3.09. The molecule has 0 aromatic carbocycles. The van der Waals surface area contributed by atoms with Crippen LogP contribution in [-0.2, 0) is 0 Å². The minimum Gasteiger partial charge on any atom is -0.395 e. The second kappa shape index (κ2) is 8.53. The average Bonchev–Trinajstić information content (AvgIpc) is 2.45. The maximum Gasteiger partial charge on any atom is 0.317 e. The molecule has 7 nitrogen and oxygen atoms in total. The molecule has 1 saturated heterocycles. The van der Waals surface area contributed by atoms with Gasteiger partial charge in [0.05, 0.1) is 12.8 Å². The fourth-order valence-corrected chi connectivity index (χ4v) is 3.09. The van der Waals surface area contributed by atoms with Crippen molar-refractivity contribution in [2.75, 3.05) is 13.2 Å². The summed E-state index contributed by atoms with van der Waals surface area (Å²) in [4.78, 5) is 12.0. The van der Waals surface area contributed by atoms with E-state index in [0.717, 1.165) is 19.3 Å². The first-order valence-electron chi connectivity index (χ1n) is 8.10. The lowest BCUT2D eigenvalue weighted by Crippen LogP contribution is -2.68. The number of amides is 2. The summed E-state index contributed by atoms with van der Waals surface area (Å²) in [7, 11) is 0. The standard InChI is InChI=1S/C14H29N5O2/c1-10-9-12(15-7-8-20)18-13(16-10)19-14(21)17-11-5-3-2-4-6-11/h10-13,15-16,18,20H,2-9H2,1H3,(H2,17,19,21). The van der Waals surface area contributed by atoms with Gasteiger partial charge in [-0.05, 0) is 26.2 Å². The van der Waals surface area contributed by atoms with E-state index in [9.17, 15) is 4.79 Å². The zero-order chi connectivity index (χ0) is 15.1. The number of rotatable bonds is 5. The van der Waals surface area contributed by atoms with Gasteiger partial charge in [-0.1, -0.05) is 19.3 Å². The van der Waals surface area contributed by atoms with Crippen LogP contribution in [0.1, 0.15) is 45.4 Å². The number of aliphatic hydroxyl groups is 1.